The summed E-state index contributed by atoms with van der Waals surface area (Å²) in [6.07, 6.45) is 2.89. The lowest BCUT2D eigenvalue weighted by molar-refractivity contribution is -0.139. The van der Waals surface area contributed by atoms with Gasteiger partial charge in [0.15, 0.2) is 5.03 Å². The van der Waals surface area contributed by atoms with Crippen molar-refractivity contribution in [2.45, 2.75) is 5.03 Å². The Bertz CT molecular complexity index is 1080. The van der Waals surface area contributed by atoms with E-state index in [2.05, 4.69) is 4.98 Å². The molecular formula is C20H25N5O4S. The van der Waals surface area contributed by atoms with Crippen molar-refractivity contribution in [3.8, 4) is 0 Å². The number of rotatable bonds is 4. The standard InChI is InChI=1S/C20H25N5O4S/c1-22(2)19(27)20-12-24(18(26)15-7-5-4-6-8-15)9-16(20)10-25(13-20)30(28,29)17-11-23(3)14-21-17/h4-8,11,14,16H,9-10,12-13H2,1-3H3/t16-,20-/m0/s1. The van der Waals surface area contributed by atoms with E-state index in [1.165, 1.54) is 21.7 Å². The molecule has 2 atom stereocenters. The summed E-state index contributed by atoms with van der Waals surface area (Å²) in [5.74, 6) is -0.580. The van der Waals surface area contributed by atoms with Gasteiger partial charge in [-0.25, -0.2) is 13.4 Å². The van der Waals surface area contributed by atoms with Crippen LogP contribution in [-0.4, -0.2) is 84.2 Å². The van der Waals surface area contributed by atoms with Crippen molar-refractivity contribution in [3.63, 3.8) is 0 Å². The fourth-order valence-corrected chi connectivity index (χ4v) is 6.04. The molecule has 4 rings (SSSR count). The van der Waals surface area contributed by atoms with Gasteiger partial charge < -0.3 is 14.4 Å². The molecular weight excluding hydrogens is 406 g/mol. The van der Waals surface area contributed by atoms with E-state index in [1.54, 1.807) is 54.9 Å². The van der Waals surface area contributed by atoms with Crippen LogP contribution < -0.4 is 0 Å². The molecule has 2 fully saturated rings. The van der Waals surface area contributed by atoms with E-state index in [4.69, 9.17) is 0 Å². The summed E-state index contributed by atoms with van der Waals surface area (Å²) in [4.78, 5) is 33.3. The van der Waals surface area contributed by atoms with E-state index in [-0.39, 0.29) is 42.4 Å². The maximum atomic E-state index is 13.2. The van der Waals surface area contributed by atoms with Crippen molar-refractivity contribution in [1.82, 2.24) is 23.7 Å². The predicted octanol–water partition coefficient (Wildman–Crippen LogP) is 0.271. The third-order valence-electron chi connectivity index (χ3n) is 6.00. The van der Waals surface area contributed by atoms with Gasteiger partial charge in [0.05, 0.1) is 11.7 Å². The van der Waals surface area contributed by atoms with E-state index < -0.39 is 15.4 Å². The zero-order valence-electron chi connectivity index (χ0n) is 17.2. The van der Waals surface area contributed by atoms with Gasteiger partial charge in [-0.3, -0.25) is 9.59 Å². The molecule has 10 heteroatoms. The van der Waals surface area contributed by atoms with Crippen LogP contribution in [0, 0.1) is 11.3 Å². The van der Waals surface area contributed by atoms with E-state index in [0.29, 0.717) is 12.1 Å². The summed E-state index contributed by atoms with van der Waals surface area (Å²) < 4.78 is 29.1. The van der Waals surface area contributed by atoms with Gasteiger partial charge >= 0.3 is 0 Å². The lowest BCUT2D eigenvalue weighted by Crippen LogP contribution is -2.48. The lowest BCUT2D eigenvalue weighted by atomic mass is 9.80. The monoisotopic (exact) mass is 431 g/mol. The van der Waals surface area contributed by atoms with Gasteiger partial charge in [-0.15, -0.1) is 0 Å². The minimum Gasteiger partial charge on any atom is -0.348 e. The highest BCUT2D eigenvalue weighted by molar-refractivity contribution is 7.89. The van der Waals surface area contributed by atoms with E-state index in [9.17, 15) is 18.0 Å². The van der Waals surface area contributed by atoms with Gasteiger partial charge in [0, 0.05) is 65.0 Å². The highest BCUT2D eigenvalue weighted by Crippen LogP contribution is 2.45. The number of amides is 2. The number of sulfonamides is 1. The number of hydrogen-bond acceptors (Lipinski definition) is 5. The number of carbonyl (C=O) groups is 2. The summed E-state index contributed by atoms with van der Waals surface area (Å²) in [5.41, 5.74) is -0.404. The van der Waals surface area contributed by atoms with Crippen LogP contribution >= 0.6 is 0 Å². The van der Waals surface area contributed by atoms with Gasteiger partial charge in [0.25, 0.3) is 15.9 Å². The Labute approximate surface area is 175 Å². The zero-order valence-corrected chi connectivity index (χ0v) is 18.0. The van der Waals surface area contributed by atoms with Crippen LogP contribution in [0.1, 0.15) is 10.4 Å². The van der Waals surface area contributed by atoms with Crippen molar-refractivity contribution in [2.75, 3.05) is 40.3 Å². The van der Waals surface area contributed by atoms with Crippen molar-refractivity contribution in [2.24, 2.45) is 18.4 Å². The Hall–Kier alpha value is -2.72. The summed E-state index contributed by atoms with van der Waals surface area (Å²) in [5, 5.41) is -0.0327. The van der Waals surface area contributed by atoms with Crippen LogP contribution in [0.3, 0.4) is 0 Å². The maximum Gasteiger partial charge on any atom is 0.262 e. The third-order valence-corrected chi connectivity index (χ3v) is 7.70. The molecule has 0 bridgehead atoms. The van der Waals surface area contributed by atoms with Crippen LogP contribution in [0.15, 0.2) is 47.9 Å². The largest absolute Gasteiger partial charge is 0.348 e. The first-order valence-electron chi connectivity index (χ1n) is 9.69. The number of hydrogen-bond donors (Lipinski definition) is 0. The zero-order chi connectivity index (χ0) is 21.7. The molecule has 2 aromatic rings. The molecule has 9 nitrogen and oxygen atoms in total. The fraction of sp³-hybridized carbons (Fsp3) is 0.450. The molecule has 0 radical (unpaired) electrons. The maximum absolute atomic E-state index is 13.2. The average molecular weight is 432 g/mol. The van der Waals surface area contributed by atoms with Crippen molar-refractivity contribution in [1.29, 1.82) is 0 Å². The molecule has 30 heavy (non-hydrogen) atoms. The second-order valence-electron chi connectivity index (χ2n) is 8.28. The summed E-state index contributed by atoms with van der Waals surface area (Å²) in [6.45, 7) is 0.738. The Kier molecular flexibility index (Phi) is 4.94. The Balaban J connectivity index is 1.64. The summed E-state index contributed by atoms with van der Waals surface area (Å²) in [7, 11) is 1.20. The highest BCUT2D eigenvalue weighted by Gasteiger charge is 2.60. The van der Waals surface area contributed by atoms with Gasteiger partial charge in [0.2, 0.25) is 5.91 Å². The first-order chi connectivity index (χ1) is 14.1. The van der Waals surface area contributed by atoms with Crippen LogP contribution in [0.4, 0.5) is 0 Å². The highest BCUT2D eigenvalue weighted by atomic mass is 32.2. The molecule has 0 unspecified atom stereocenters. The number of benzene rings is 1. The number of imidazole rings is 1. The minimum absolute atomic E-state index is 0.0327. The molecule has 0 spiro atoms. The molecule has 2 saturated heterocycles. The van der Waals surface area contributed by atoms with Crippen LogP contribution in [0.5, 0.6) is 0 Å². The fourth-order valence-electron chi connectivity index (χ4n) is 4.52. The molecule has 2 amide bonds. The van der Waals surface area contributed by atoms with Crippen molar-refractivity contribution >= 4 is 21.8 Å². The number of fused-ring (bicyclic) bond motifs is 1. The SMILES string of the molecule is CN(C)C(=O)[C@]12CN(C(=O)c3ccccc3)C[C@H]1CN(S(=O)(=O)c1cn(C)cn1)C2. The summed E-state index contributed by atoms with van der Waals surface area (Å²) >= 11 is 0. The van der Waals surface area contributed by atoms with Gasteiger partial charge in [0.1, 0.15) is 0 Å². The molecule has 2 aliphatic rings. The predicted molar refractivity (Wildman–Crippen MR) is 109 cm³/mol. The molecule has 0 saturated carbocycles. The number of nitrogens with zero attached hydrogens (tertiary/aromatic N) is 5. The molecule has 160 valence electrons. The second kappa shape index (κ2) is 7.21. The average Bonchev–Trinajstić information content (AvgIpc) is 3.40. The Morgan fingerprint density at radius 2 is 1.83 bits per heavy atom. The molecule has 1 aromatic heterocycles. The van der Waals surface area contributed by atoms with Crippen molar-refractivity contribution in [3.05, 3.63) is 48.4 Å². The number of likely N-dealkylation sites (tertiary alicyclic amines) is 1. The molecule has 1 aromatic carbocycles. The smallest absolute Gasteiger partial charge is 0.262 e. The van der Waals surface area contributed by atoms with Crippen LogP contribution in [-0.2, 0) is 21.9 Å². The van der Waals surface area contributed by atoms with E-state index in [1.807, 2.05) is 6.07 Å². The number of carbonyl (C=O) groups excluding carboxylic acids is 2. The van der Waals surface area contributed by atoms with Crippen LogP contribution in [0.2, 0.25) is 0 Å². The first-order valence-corrected chi connectivity index (χ1v) is 11.1. The van der Waals surface area contributed by atoms with Crippen molar-refractivity contribution < 1.29 is 18.0 Å². The van der Waals surface area contributed by atoms with Gasteiger partial charge in [-0.05, 0) is 12.1 Å². The van der Waals surface area contributed by atoms with Gasteiger partial charge in [-0.1, -0.05) is 18.2 Å². The molecule has 0 N–H and O–H groups in total. The normalized spacial score (nSPS) is 24.1. The quantitative estimate of drug-likeness (QED) is 0.693. The molecule has 0 aliphatic carbocycles. The topological polar surface area (TPSA) is 95.8 Å². The number of aromatic nitrogens is 2. The first kappa shape index (κ1) is 20.5. The Morgan fingerprint density at radius 3 is 2.43 bits per heavy atom. The van der Waals surface area contributed by atoms with Gasteiger partial charge in [-0.2, -0.15) is 4.31 Å². The third kappa shape index (κ3) is 3.20. The summed E-state index contributed by atoms with van der Waals surface area (Å²) in [6, 6.07) is 8.93. The molecule has 2 aliphatic heterocycles. The second-order valence-corrected chi connectivity index (χ2v) is 10.2. The lowest BCUT2D eigenvalue weighted by Gasteiger charge is -2.30. The Morgan fingerprint density at radius 1 is 1.13 bits per heavy atom. The number of aryl methyl sites for hydroxylation is 1. The molecule has 3 heterocycles. The van der Waals surface area contributed by atoms with Crippen LogP contribution in [0.25, 0.3) is 0 Å². The van der Waals surface area contributed by atoms with E-state index >= 15 is 0 Å². The minimum atomic E-state index is -3.82. The van der Waals surface area contributed by atoms with E-state index in [0.717, 1.165) is 0 Å².